The molecule has 216 valence electrons. The first kappa shape index (κ1) is 29.4. The van der Waals surface area contributed by atoms with Gasteiger partial charge in [-0.3, -0.25) is 9.98 Å². The molecule has 2 heterocycles. The number of hydrogen-bond acceptors (Lipinski definition) is 5. The average molecular weight is 629 g/mol. The lowest BCUT2D eigenvalue weighted by atomic mass is 9.89. The van der Waals surface area contributed by atoms with Gasteiger partial charge in [-0.1, -0.05) is 11.6 Å². The van der Waals surface area contributed by atoms with E-state index in [1.165, 1.54) is 0 Å². The summed E-state index contributed by atoms with van der Waals surface area (Å²) >= 11 is 6.05. The molecule has 3 aromatic carbocycles. The largest absolute Gasteiger partial charge is 0.257 e. The maximum absolute atomic E-state index is 15.0. The van der Waals surface area contributed by atoms with Crippen LogP contribution in [0.25, 0.3) is 27.6 Å². The number of rotatable bonds is 2. The Morgan fingerprint density at radius 2 is 1.09 bits per heavy atom. The summed E-state index contributed by atoms with van der Waals surface area (Å²) in [6.45, 7) is 0. The Morgan fingerprint density at radius 1 is 0.628 bits per heavy atom. The fraction of sp³-hybridized carbons (Fsp3) is 0.0370. The van der Waals surface area contributed by atoms with Crippen molar-refractivity contribution in [3.05, 3.63) is 103 Å². The van der Waals surface area contributed by atoms with Crippen molar-refractivity contribution >= 4 is 45.9 Å². The van der Waals surface area contributed by atoms with E-state index in [0.29, 0.717) is 12.3 Å². The lowest BCUT2D eigenvalue weighted by molar-refractivity contribution is 0.376. The smallest absolute Gasteiger partial charge is 0.200 e. The van der Waals surface area contributed by atoms with Crippen molar-refractivity contribution in [3.8, 4) is 11.1 Å². The number of carbonyl (C=O) groups excluding carboxylic acids is 3. The number of fused-ring (bicyclic) bond motifs is 3. The highest BCUT2D eigenvalue weighted by atomic mass is 35.5. The third-order valence-electron chi connectivity index (χ3n) is 6.42. The second-order valence-corrected chi connectivity index (χ2v) is 8.92. The van der Waals surface area contributed by atoms with Crippen molar-refractivity contribution in [2.24, 2.45) is 4.99 Å². The molecule has 0 bridgehead atoms. The van der Waals surface area contributed by atoms with Gasteiger partial charge < -0.3 is 0 Å². The van der Waals surface area contributed by atoms with E-state index < -0.39 is 123 Å². The molecule has 1 aromatic heterocycles. The van der Waals surface area contributed by atoms with Gasteiger partial charge in [0, 0.05) is 27.9 Å². The lowest BCUT2D eigenvalue weighted by Gasteiger charge is -2.19. The van der Waals surface area contributed by atoms with E-state index in [4.69, 9.17) is 11.6 Å². The molecule has 0 spiro atoms. The van der Waals surface area contributed by atoms with Crippen molar-refractivity contribution in [3.63, 3.8) is 0 Å². The minimum absolute atomic E-state index is 0.662. The van der Waals surface area contributed by atoms with Crippen molar-refractivity contribution in [2.75, 3.05) is 0 Å². The zero-order valence-electron chi connectivity index (χ0n) is 20.0. The predicted molar refractivity (Wildman–Crippen MR) is 124 cm³/mol. The molecule has 0 N–H and O–H groups in total. The number of benzene rings is 3. The van der Waals surface area contributed by atoms with Crippen LogP contribution in [0, 0.1) is 58.2 Å². The summed E-state index contributed by atoms with van der Waals surface area (Å²) in [5.74, 6) is -21.3. The van der Waals surface area contributed by atoms with E-state index >= 15 is 0 Å². The third-order valence-corrected chi connectivity index (χ3v) is 6.73. The molecule has 5 nitrogen and oxygen atoms in total. The zero-order valence-corrected chi connectivity index (χ0v) is 20.8. The van der Waals surface area contributed by atoms with Crippen LogP contribution in [-0.2, 0) is 14.4 Å². The van der Waals surface area contributed by atoms with E-state index in [9.17, 15) is 58.3 Å². The summed E-state index contributed by atoms with van der Waals surface area (Å²) in [5.41, 5.74) is -9.62. The second kappa shape index (κ2) is 10.3. The van der Waals surface area contributed by atoms with Gasteiger partial charge in [-0.05, 0) is 6.07 Å². The monoisotopic (exact) mass is 628 g/mol. The number of aromatic nitrogens is 1. The van der Waals surface area contributed by atoms with Crippen LogP contribution in [0.4, 0.5) is 43.9 Å². The van der Waals surface area contributed by atoms with Crippen LogP contribution in [0.3, 0.4) is 0 Å². The number of alkyl halides is 1. The van der Waals surface area contributed by atoms with E-state index in [1.54, 1.807) is 0 Å². The van der Waals surface area contributed by atoms with Gasteiger partial charge >= 0.3 is 0 Å². The molecule has 0 aliphatic carbocycles. The molecule has 0 saturated carbocycles. The van der Waals surface area contributed by atoms with Gasteiger partial charge in [-0.2, -0.15) is 0 Å². The normalized spacial score (nSPS) is 14.3. The number of pyridine rings is 1. The maximum atomic E-state index is 15.0. The Hall–Kier alpha value is -5.06. The maximum Gasteiger partial charge on any atom is 0.200 e. The number of halogens is 11. The van der Waals surface area contributed by atoms with Crippen molar-refractivity contribution in [2.45, 2.75) is 5.50 Å². The van der Waals surface area contributed by atoms with E-state index in [2.05, 4.69) is 9.98 Å². The summed E-state index contributed by atoms with van der Waals surface area (Å²) in [5, 5.41) is -5.08. The topological polar surface area (TPSA) is 76.5 Å². The quantitative estimate of drug-likeness (QED) is 0.0854. The molecule has 0 saturated heterocycles. The molecule has 0 radical (unpaired) electrons. The van der Waals surface area contributed by atoms with Crippen molar-refractivity contribution in [1.29, 1.82) is 0 Å². The molecule has 1 aliphatic heterocycles. The fourth-order valence-corrected chi connectivity index (χ4v) is 4.87. The van der Waals surface area contributed by atoms with Gasteiger partial charge in [0.1, 0.15) is 17.8 Å². The highest BCUT2D eigenvalue weighted by molar-refractivity contribution is 6.25. The van der Waals surface area contributed by atoms with Crippen LogP contribution < -0.4 is 21.0 Å². The molecule has 16 heteroatoms. The van der Waals surface area contributed by atoms with Crippen LogP contribution in [-0.4, -0.2) is 28.3 Å². The van der Waals surface area contributed by atoms with Crippen LogP contribution >= 0.6 is 11.6 Å². The molecule has 0 amide bonds. The van der Waals surface area contributed by atoms with Crippen LogP contribution in [0.15, 0.2) is 22.8 Å². The van der Waals surface area contributed by atoms with E-state index in [1.807, 2.05) is 0 Å². The minimum Gasteiger partial charge on any atom is -0.257 e. The van der Waals surface area contributed by atoms with E-state index in [-0.39, 0.29) is 0 Å². The van der Waals surface area contributed by atoms with Gasteiger partial charge in [-0.15, -0.1) is 0 Å². The van der Waals surface area contributed by atoms with Gasteiger partial charge in [0.15, 0.2) is 52.0 Å². The van der Waals surface area contributed by atoms with Gasteiger partial charge in [0.05, 0.1) is 38.0 Å². The Labute approximate surface area is 233 Å². The van der Waals surface area contributed by atoms with Gasteiger partial charge in [0.25, 0.3) is 0 Å². The first-order valence-electron chi connectivity index (χ1n) is 11.1. The molecular weight excluding hydrogens is 626 g/mol. The number of hydrogen-bond donors (Lipinski definition) is 0. The van der Waals surface area contributed by atoms with Gasteiger partial charge in [0.2, 0.25) is 11.6 Å². The summed E-state index contributed by atoms with van der Waals surface area (Å²) in [4.78, 5) is 43.8. The molecule has 4 aromatic rings. The molecule has 5 rings (SSSR count). The predicted octanol–water partition coefficient (Wildman–Crippen LogP) is 2.45. The minimum atomic E-state index is -2.60. The summed E-state index contributed by atoms with van der Waals surface area (Å²) < 4.78 is 144. The van der Waals surface area contributed by atoms with E-state index in [0.717, 1.165) is 17.8 Å². The van der Waals surface area contributed by atoms with Crippen molar-refractivity contribution < 1.29 is 58.3 Å². The first-order valence-corrected chi connectivity index (χ1v) is 11.5. The van der Waals surface area contributed by atoms with Crippen LogP contribution in [0.1, 0.15) is 5.56 Å². The third kappa shape index (κ3) is 3.94. The molecule has 1 atom stereocenters. The molecule has 1 unspecified atom stereocenters. The van der Waals surface area contributed by atoms with Crippen molar-refractivity contribution in [1.82, 2.24) is 4.98 Å². The Balaban J connectivity index is 2.20. The fourth-order valence-electron chi connectivity index (χ4n) is 4.62. The van der Waals surface area contributed by atoms with Gasteiger partial charge in [-0.25, -0.2) is 58.3 Å². The summed E-state index contributed by atoms with van der Waals surface area (Å²) in [7, 11) is 0. The highest BCUT2D eigenvalue weighted by Gasteiger charge is 2.35. The van der Waals surface area contributed by atoms with Crippen LogP contribution in [0.2, 0.25) is 0 Å². The Kier molecular flexibility index (Phi) is 7.08. The Morgan fingerprint density at radius 3 is 1.56 bits per heavy atom. The number of nitrogens with zero attached hydrogens (tertiary/aromatic N) is 2. The van der Waals surface area contributed by atoms with Crippen LogP contribution in [0.5, 0.6) is 0 Å². The lowest BCUT2D eigenvalue weighted by Crippen LogP contribution is -2.54. The Bertz CT molecular complexity index is 2290. The molecule has 1 aliphatic rings. The summed E-state index contributed by atoms with van der Waals surface area (Å²) in [6, 6.07) is 0.662. The summed E-state index contributed by atoms with van der Waals surface area (Å²) in [6.07, 6.45) is 0.691. The first-order chi connectivity index (χ1) is 20.3. The average Bonchev–Trinajstić information content (AvgIpc) is 3.00. The SMILES string of the molecule is O=C=C1C(c2c(F)c(F)c(F)c(F)c2F)=c2c(=C=O)c(=C=O)c3c(-c4c(F)c(F)c(F)c(F)c4F)ccnc3c2=NC1Cl. The molecular formula is C27H3ClF10N2O3. The molecule has 0 fully saturated rings. The standard InChI is InChI=1S/C27H3ClF10N2O3/c28-27-9(5-43)11(14-17(31)21(35)24(38)22(36)18(14)32)12-8(4-42)7(3-41)10-6(1-2-39-25(10)26(12)40-27)13-15(29)19(33)23(37)20(34)16(13)30/h1-2,27H. The second-order valence-electron chi connectivity index (χ2n) is 8.51. The zero-order chi connectivity index (χ0) is 31.7. The highest BCUT2D eigenvalue weighted by Crippen LogP contribution is 2.35. The molecule has 43 heavy (non-hydrogen) atoms.